The Morgan fingerprint density at radius 1 is 1.67 bits per heavy atom. The summed E-state index contributed by atoms with van der Waals surface area (Å²) in [5.74, 6) is 1.36. The summed E-state index contributed by atoms with van der Waals surface area (Å²) >= 11 is 0. The third-order valence-corrected chi connectivity index (χ3v) is 2.70. The van der Waals surface area contributed by atoms with Crippen molar-refractivity contribution in [3.05, 3.63) is 11.7 Å². The molecule has 15 heavy (non-hydrogen) atoms. The van der Waals surface area contributed by atoms with E-state index in [1.807, 2.05) is 11.8 Å². The number of carbonyl (C=O) groups excluding carboxylic acids is 1. The van der Waals surface area contributed by atoms with Crippen LogP contribution in [0.25, 0.3) is 0 Å². The Morgan fingerprint density at radius 2 is 2.47 bits per heavy atom. The second-order valence-corrected chi connectivity index (χ2v) is 3.78. The summed E-state index contributed by atoms with van der Waals surface area (Å²) in [6.45, 7) is 4.46. The number of hydrogen-bond acceptors (Lipinski definition) is 4. The van der Waals surface area contributed by atoms with Crippen LogP contribution in [0.4, 0.5) is 0 Å². The number of nitrogens with zero attached hydrogens (tertiary/aromatic N) is 3. The quantitative estimate of drug-likeness (QED) is 0.739. The lowest BCUT2D eigenvalue weighted by atomic mass is 10.2. The molecule has 0 radical (unpaired) electrons. The van der Waals surface area contributed by atoms with Crippen molar-refractivity contribution in [2.45, 2.75) is 39.2 Å². The summed E-state index contributed by atoms with van der Waals surface area (Å²) in [6, 6.07) is -0.00125. The molecule has 0 saturated carbocycles. The molecule has 0 bridgehead atoms. The average molecular weight is 209 g/mol. The Bertz CT molecular complexity index is 361. The van der Waals surface area contributed by atoms with E-state index in [0.29, 0.717) is 18.1 Å². The van der Waals surface area contributed by atoms with Gasteiger partial charge in [0.25, 0.3) is 0 Å². The molecule has 1 fully saturated rings. The van der Waals surface area contributed by atoms with Crippen molar-refractivity contribution in [1.82, 2.24) is 15.0 Å². The molecule has 1 atom stereocenters. The second kappa shape index (κ2) is 4.00. The maximum Gasteiger partial charge on any atom is 0.249 e. The first-order valence-electron chi connectivity index (χ1n) is 5.32. The molecule has 0 N–H and O–H groups in total. The van der Waals surface area contributed by atoms with Gasteiger partial charge in [-0.25, -0.2) is 0 Å². The lowest BCUT2D eigenvalue weighted by Crippen LogP contribution is -2.29. The summed E-state index contributed by atoms with van der Waals surface area (Å²) in [7, 11) is 0. The van der Waals surface area contributed by atoms with E-state index in [2.05, 4.69) is 10.1 Å². The highest BCUT2D eigenvalue weighted by atomic mass is 16.5. The van der Waals surface area contributed by atoms with Crippen molar-refractivity contribution in [1.29, 1.82) is 0 Å². The summed E-state index contributed by atoms with van der Waals surface area (Å²) in [4.78, 5) is 17.7. The number of rotatable bonds is 2. The van der Waals surface area contributed by atoms with Crippen LogP contribution >= 0.6 is 0 Å². The van der Waals surface area contributed by atoms with E-state index in [9.17, 15) is 4.79 Å². The largest absolute Gasteiger partial charge is 0.337 e. The average Bonchev–Trinajstić information content (AvgIpc) is 2.84. The normalized spacial score (nSPS) is 20.9. The van der Waals surface area contributed by atoms with Crippen LogP contribution in [0.5, 0.6) is 0 Å². The minimum absolute atomic E-state index is 0.00125. The molecule has 82 valence electrons. The van der Waals surface area contributed by atoms with E-state index in [4.69, 9.17) is 4.52 Å². The highest BCUT2D eigenvalue weighted by Crippen LogP contribution is 2.31. The number of amides is 1. The third kappa shape index (κ3) is 1.86. The number of carbonyl (C=O) groups is 1. The van der Waals surface area contributed by atoms with Crippen molar-refractivity contribution < 1.29 is 9.32 Å². The molecule has 1 aliphatic heterocycles. The minimum Gasteiger partial charge on any atom is -0.337 e. The Labute approximate surface area is 88.5 Å². The molecule has 5 heteroatoms. The fourth-order valence-corrected chi connectivity index (χ4v) is 1.97. The lowest BCUT2D eigenvalue weighted by molar-refractivity contribution is -0.132. The van der Waals surface area contributed by atoms with Gasteiger partial charge in [0.2, 0.25) is 11.8 Å². The van der Waals surface area contributed by atoms with E-state index in [1.54, 1.807) is 6.92 Å². The fourth-order valence-electron chi connectivity index (χ4n) is 1.97. The van der Waals surface area contributed by atoms with Gasteiger partial charge in [-0.05, 0) is 19.8 Å². The molecule has 1 aromatic heterocycles. The van der Waals surface area contributed by atoms with Gasteiger partial charge in [0.1, 0.15) is 6.04 Å². The zero-order chi connectivity index (χ0) is 10.8. The Kier molecular flexibility index (Phi) is 2.70. The zero-order valence-electron chi connectivity index (χ0n) is 9.06. The van der Waals surface area contributed by atoms with E-state index < -0.39 is 0 Å². The molecule has 2 rings (SSSR count). The fraction of sp³-hybridized carbons (Fsp3) is 0.700. The van der Waals surface area contributed by atoms with Crippen LogP contribution in [-0.4, -0.2) is 27.5 Å². The van der Waals surface area contributed by atoms with Gasteiger partial charge >= 0.3 is 0 Å². The van der Waals surface area contributed by atoms with Crippen LogP contribution < -0.4 is 0 Å². The van der Waals surface area contributed by atoms with Crippen molar-refractivity contribution in [3.8, 4) is 0 Å². The number of hydrogen-bond donors (Lipinski definition) is 0. The van der Waals surface area contributed by atoms with Crippen LogP contribution in [0.15, 0.2) is 4.52 Å². The highest BCUT2D eigenvalue weighted by molar-refractivity contribution is 5.76. The van der Waals surface area contributed by atoms with Crippen LogP contribution in [0, 0.1) is 6.92 Å². The summed E-state index contributed by atoms with van der Waals surface area (Å²) < 4.78 is 5.12. The van der Waals surface area contributed by atoms with Crippen LogP contribution in [-0.2, 0) is 4.79 Å². The Hall–Kier alpha value is -1.39. The van der Waals surface area contributed by atoms with Crippen molar-refractivity contribution >= 4 is 5.91 Å². The van der Waals surface area contributed by atoms with Gasteiger partial charge in [-0.3, -0.25) is 4.79 Å². The van der Waals surface area contributed by atoms with Crippen molar-refractivity contribution in [3.63, 3.8) is 0 Å². The summed E-state index contributed by atoms with van der Waals surface area (Å²) in [5, 5.41) is 3.76. The van der Waals surface area contributed by atoms with E-state index in [-0.39, 0.29) is 11.9 Å². The Morgan fingerprint density at radius 3 is 3.07 bits per heavy atom. The Balaban J connectivity index is 2.18. The van der Waals surface area contributed by atoms with E-state index >= 15 is 0 Å². The molecule has 0 aromatic carbocycles. The molecule has 0 aliphatic carbocycles. The minimum atomic E-state index is -0.00125. The maximum atomic E-state index is 11.6. The van der Waals surface area contributed by atoms with Crippen LogP contribution in [0.1, 0.15) is 43.9 Å². The van der Waals surface area contributed by atoms with Crippen LogP contribution in [0.2, 0.25) is 0 Å². The van der Waals surface area contributed by atoms with Gasteiger partial charge < -0.3 is 9.42 Å². The van der Waals surface area contributed by atoms with E-state index in [1.165, 1.54) is 0 Å². The smallest absolute Gasteiger partial charge is 0.249 e. The van der Waals surface area contributed by atoms with Gasteiger partial charge in [-0.15, -0.1) is 0 Å². The predicted octanol–water partition coefficient (Wildman–Crippen LogP) is 1.45. The molecule has 2 heterocycles. The van der Waals surface area contributed by atoms with Gasteiger partial charge in [-0.2, -0.15) is 4.98 Å². The predicted molar refractivity (Wildman–Crippen MR) is 53.0 cm³/mol. The lowest BCUT2D eigenvalue weighted by Gasteiger charge is -2.20. The molecule has 1 saturated heterocycles. The first-order chi connectivity index (χ1) is 7.22. The zero-order valence-corrected chi connectivity index (χ0v) is 9.06. The van der Waals surface area contributed by atoms with Gasteiger partial charge in [0.05, 0.1) is 0 Å². The first kappa shape index (κ1) is 10.1. The van der Waals surface area contributed by atoms with Gasteiger partial charge in [-0.1, -0.05) is 12.1 Å². The topological polar surface area (TPSA) is 59.2 Å². The van der Waals surface area contributed by atoms with Gasteiger partial charge in [0.15, 0.2) is 5.82 Å². The monoisotopic (exact) mass is 209 g/mol. The van der Waals surface area contributed by atoms with Crippen molar-refractivity contribution in [2.24, 2.45) is 0 Å². The number of aromatic nitrogens is 2. The standard InChI is InChI=1S/C10H15N3O2/c1-3-9(14)13-6-4-5-8(13)10-11-7(2)12-15-10/h8H,3-6H2,1-2H3. The van der Waals surface area contributed by atoms with Crippen LogP contribution in [0.3, 0.4) is 0 Å². The van der Waals surface area contributed by atoms with E-state index in [0.717, 1.165) is 19.4 Å². The molecule has 1 amide bonds. The maximum absolute atomic E-state index is 11.6. The molecule has 1 aromatic rings. The molecule has 1 aliphatic rings. The van der Waals surface area contributed by atoms with Gasteiger partial charge in [0, 0.05) is 13.0 Å². The van der Waals surface area contributed by atoms with Crippen molar-refractivity contribution in [2.75, 3.05) is 6.54 Å². The molecule has 1 unspecified atom stereocenters. The molecule has 5 nitrogen and oxygen atoms in total. The number of aryl methyl sites for hydroxylation is 1. The summed E-state index contributed by atoms with van der Waals surface area (Å²) in [5.41, 5.74) is 0. The third-order valence-electron chi connectivity index (χ3n) is 2.70. The molecule has 0 spiro atoms. The highest BCUT2D eigenvalue weighted by Gasteiger charge is 2.32. The summed E-state index contributed by atoms with van der Waals surface area (Å²) in [6.07, 6.45) is 2.47. The molecular formula is C10H15N3O2. The SMILES string of the molecule is CCC(=O)N1CCCC1c1nc(C)no1. The molecular weight excluding hydrogens is 194 g/mol. The first-order valence-corrected chi connectivity index (χ1v) is 5.32. The number of likely N-dealkylation sites (tertiary alicyclic amines) is 1. The second-order valence-electron chi connectivity index (χ2n) is 3.78.